The molecule has 4 N–H and O–H groups in total. The Hall–Kier alpha value is -2.73. The van der Waals surface area contributed by atoms with E-state index in [1.165, 1.54) is 6.33 Å². The van der Waals surface area contributed by atoms with E-state index in [1.807, 2.05) is 37.4 Å². The molecule has 0 aliphatic carbocycles. The van der Waals surface area contributed by atoms with Gasteiger partial charge in [-0.2, -0.15) is 0 Å². The number of aromatic nitrogens is 3. The summed E-state index contributed by atoms with van der Waals surface area (Å²) in [4.78, 5) is 12.4. The molecule has 3 aromatic rings. The molecular formula is C14H14N6. The number of nitrogen functional groups attached to an aromatic ring is 1. The number of pyridine rings is 1. The molecule has 20 heavy (non-hydrogen) atoms. The first-order chi connectivity index (χ1) is 9.79. The second-order valence-corrected chi connectivity index (χ2v) is 4.37. The maximum atomic E-state index is 5.43. The summed E-state index contributed by atoms with van der Waals surface area (Å²) in [5, 5.41) is 5.47. The molecular weight excluding hydrogens is 252 g/mol. The molecule has 0 saturated carbocycles. The minimum atomic E-state index is 0.601. The maximum absolute atomic E-state index is 5.43. The van der Waals surface area contributed by atoms with Gasteiger partial charge in [-0.25, -0.2) is 15.8 Å². The number of nitrogens with two attached hydrogens (primary N) is 1. The molecule has 0 unspecified atom stereocenters. The summed E-state index contributed by atoms with van der Waals surface area (Å²) in [6.07, 6.45) is 5.07. The molecule has 0 spiro atoms. The van der Waals surface area contributed by atoms with E-state index < -0.39 is 0 Å². The van der Waals surface area contributed by atoms with Gasteiger partial charge >= 0.3 is 0 Å². The second kappa shape index (κ2) is 5.10. The fourth-order valence-electron chi connectivity index (χ4n) is 2.08. The van der Waals surface area contributed by atoms with Crippen molar-refractivity contribution in [3.05, 3.63) is 48.5 Å². The smallest absolute Gasteiger partial charge is 0.148 e. The summed E-state index contributed by atoms with van der Waals surface area (Å²) in [6, 6.07) is 7.97. The summed E-state index contributed by atoms with van der Waals surface area (Å²) in [7, 11) is 0. The maximum Gasteiger partial charge on any atom is 0.148 e. The average Bonchev–Trinajstić information content (AvgIpc) is 2.50. The van der Waals surface area contributed by atoms with Gasteiger partial charge in [0.2, 0.25) is 0 Å². The summed E-state index contributed by atoms with van der Waals surface area (Å²) in [5.74, 6) is 6.75. The highest BCUT2D eigenvalue weighted by Crippen LogP contribution is 2.27. The van der Waals surface area contributed by atoms with E-state index in [0.29, 0.717) is 5.82 Å². The standard InChI is InChI=1S/C14H14N6/c1-9-13(17-8-18-14(9)20-15)19-12-4-2-3-10-7-16-6-5-11(10)12/h2-8H,15H2,1H3,(H2,17,18,19,20). The van der Waals surface area contributed by atoms with Crippen molar-refractivity contribution in [3.8, 4) is 0 Å². The van der Waals surface area contributed by atoms with Crippen LogP contribution >= 0.6 is 0 Å². The van der Waals surface area contributed by atoms with Gasteiger partial charge in [-0.15, -0.1) is 0 Å². The number of benzene rings is 1. The highest BCUT2D eigenvalue weighted by atomic mass is 15.3. The topological polar surface area (TPSA) is 88.8 Å². The molecule has 0 fully saturated rings. The van der Waals surface area contributed by atoms with Crippen LogP contribution in [0.4, 0.5) is 17.3 Å². The van der Waals surface area contributed by atoms with Gasteiger partial charge in [0.15, 0.2) is 0 Å². The molecule has 2 aromatic heterocycles. The fraction of sp³-hybridized carbons (Fsp3) is 0.0714. The van der Waals surface area contributed by atoms with E-state index in [-0.39, 0.29) is 0 Å². The van der Waals surface area contributed by atoms with Crippen molar-refractivity contribution in [2.45, 2.75) is 6.92 Å². The summed E-state index contributed by atoms with van der Waals surface area (Å²) in [6.45, 7) is 1.91. The fourth-order valence-corrected chi connectivity index (χ4v) is 2.08. The Bertz CT molecular complexity index is 750. The third-order valence-electron chi connectivity index (χ3n) is 3.15. The minimum absolute atomic E-state index is 0.601. The lowest BCUT2D eigenvalue weighted by molar-refractivity contribution is 1.11. The Labute approximate surface area is 116 Å². The number of hydrogen-bond acceptors (Lipinski definition) is 6. The van der Waals surface area contributed by atoms with Gasteiger partial charge < -0.3 is 10.7 Å². The molecule has 1 aromatic carbocycles. The summed E-state index contributed by atoms with van der Waals surface area (Å²) < 4.78 is 0. The number of nitrogens with one attached hydrogen (secondary N) is 2. The van der Waals surface area contributed by atoms with Crippen molar-refractivity contribution in [1.29, 1.82) is 0 Å². The van der Waals surface area contributed by atoms with Crippen molar-refractivity contribution in [2.24, 2.45) is 5.84 Å². The van der Waals surface area contributed by atoms with Crippen LogP contribution in [0.3, 0.4) is 0 Å². The third kappa shape index (κ3) is 2.12. The van der Waals surface area contributed by atoms with E-state index >= 15 is 0 Å². The van der Waals surface area contributed by atoms with E-state index in [1.54, 1.807) is 6.20 Å². The Morgan fingerprint density at radius 1 is 1.10 bits per heavy atom. The zero-order chi connectivity index (χ0) is 13.9. The Morgan fingerprint density at radius 3 is 2.80 bits per heavy atom. The van der Waals surface area contributed by atoms with E-state index in [0.717, 1.165) is 27.8 Å². The average molecular weight is 266 g/mol. The van der Waals surface area contributed by atoms with Gasteiger partial charge in [0.25, 0.3) is 0 Å². The summed E-state index contributed by atoms with van der Waals surface area (Å²) >= 11 is 0. The zero-order valence-electron chi connectivity index (χ0n) is 11.0. The number of nitrogens with zero attached hydrogens (tertiary/aromatic N) is 3. The normalized spacial score (nSPS) is 10.5. The Morgan fingerprint density at radius 2 is 1.95 bits per heavy atom. The van der Waals surface area contributed by atoms with Crippen LogP contribution in [-0.4, -0.2) is 15.0 Å². The molecule has 0 atom stereocenters. The lowest BCUT2D eigenvalue weighted by Gasteiger charge is -2.12. The van der Waals surface area contributed by atoms with Crippen molar-refractivity contribution in [2.75, 3.05) is 10.7 Å². The summed E-state index contributed by atoms with van der Waals surface area (Å²) in [5.41, 5.74) is 4.39. The number of fused-ring (bicyclic) bond motifs is 1. The van der Waals surface area contributed by atoms with E-state index in [4.69, 9.17) is 5.84 Å². The van der Waals surface area contributed by atoms with Gasteiger partial charge in [0.1, 0.15) is 18.0 Å². The van der Waals surface area contributed by atoms with Crippen LogP contribution in [0.2, 0.25) is 0 Å². The molecule has 3 rings (SSSR count). The van der Waals surface area contributed by atoms with E-state index in [2.05, 4.69) is 25.7 Å². The third-order valence-corrected chi connectivity index (χ3v) is 3.15. The van der Waals surface area contributed by atoms with Crippen molar-refractivity contribution in [3.63, 3.8) is 0 Å². The number of hydrogen-bond donors (Lipinski definition) is 3. The number of anilines is 3. The molecule has 6 nitrogen and oxygen atoms in total. The van der Waals surface area contributed by atoms with Gasteiger partial charge in [-0.1, -0.05) is 12.1 Å². The molecule has 2 heterocycles. The van der Waals surface area contributed by atoms with Crippen LogP contribution in [0.1, 0.15) is 5.56 Å². The van der Waals surface area contributed by atoms with Crippen molar-refractivity contribution in [1.82, 2.24) is 15.0 Å². The van der Waals surface area contributed by atoms with Crippen LogP contribution < -0.4 is 16.6 Å². The molecule has 100 valence electrons. The molecule has 0 aliphatic heterocycles. The lowest BCUT2D eigenvalue weighted by atomic mass is 10.1. The van der Waals surface area contributed by atoms with Crippen LogP contribution in [-0.2, 0) is 0 Å². The molecule has 0 saturated heterocycles. The van der Waals surface area contributed by atoms with Crippen LogP contribution in [0.15, 0.2) is 43.0 Å². The highest BCUT2D eigenvalue weighted by molar-refractivity contribution is 5.94. The first kappa shape index (κ1) is 12.3. The minimum Gasteiger partial charge on any atom is -0.339 e. The van der Waals surface area contributed by atoms with Crippen LogP contribution in [0.5, 0.6) is 0 Å². The van der Waals surface area contributed by atoms with Crippen LogP contribution in [0, 0.1) is 6.92 Å². The SMILES string of the molecule is Cc1c(NN)ncnc1Nc1cccc2cnccc12. The Balaban J connectivity index is 2.06. The number of rotatable bonds is 3. The first-order valence-corrected chi connectivity index (χ1v) is 6.17. The molecule has 0 radical (unpaired) electrons. The Kier molecular flexibility index (Phi) is 3.14. The van der Waals surface area contributed by atoms with Crippen LogP contribution in [0.25, 0.3) is 10.8 Å². The van der Waals surface area contributed by atoms with Gasteiger partial charge in [-0.3, -0.25) is 4.98 Å². The highest BCUT2D eigenvalue weighted by Gasteiger charge is 2.07. The predicted molar refractivity (Wildman–Crippen MR) is 79.6 cm³/mol. The van der Waals surface area contributed by atoms with E-state index in [9.17, 15) is 0 Å². The molecule has 6 heteroatoms. The monoisotopic (exact) mass is 266 g/mol. The van der Waals surface area contributed by atoms with Crippen molar-refractivity contribution >= 4 is 28.1 Å². The molecule has 0 amide bonds. The first-order valence-electron chi connectivity index (χ1n) is 6.17. The van der Waals surface area contributed by atoms with Gasteiger partial charge in [-0.05, 0) is 19.1 Å². The molecule has 0 bridgehead atoms. The lowest BCUT2D eigenvalue weighted by Crippen LogP contribution is -2.11. The zero-order valence-corrected chi connectivity index (χ0v) is 11.0. The van der Waals surface area contributed by atoms with Gasteiger partial charge in [0, 0.05) is 34.4 Å². The van der Waals surface area contributed by atoms with Gasteiger partial charge in [0.05, 0.1) is 0 Å². The van der Waals surface area contributed by atoms with Crippen molar-refractivity contribution < 1.29 is 0 Å². The molecule has 0 aliphatic rings. The number of hydrazine groups is 1. The quantitative estimate of drug-likeness (QED) is 0.498. The second-order valence-electron chi connectivity index (χ2n) is 4.37. The predicted octanol–water partition coefficient (Wildman–Crippen LogP) is 2.36. The largest absolute Gasteiger partial charge is 0.339 e.